The van der Waals surface area contributed by atoms with Crippen molar-refractivity contribution in [2.24, 2.45) is 0 Å². The average molecular weight is 321 g/mol. The number of carbonyl (C=O) groups is 1. The van der Waals surface area contributed by atoms with Gasteiger partial charge in [-0.15, -0.1) is 0 Å². The maximum Gasteiger partial charge on any atom is 0.346 e. The third-order valence-corrected chi connectivity index (χ3v) is 4.71. The summed E-state index contributed by atoms with van der Waals surface area (Å²) >= 11 is 7.14. The third kappa shape index (κ3) is 3.19. The lowest BCUT2D eigenvalue weighted by Crippen LogP contribution is -2.15. The lowest BCUT2D eigenvalue weighted by molar-refractivity contribution is 0.102. The van der Waals surface area contributed by atoms with E-state index in [0.29, 0.717) is 15.6 Å². The molecule has 0 amide bonds. The molecular weight excluding hydrogens is 308 g/mol. The fraction of sp³-hybridized carbons (Fsp3) is 0.267. The first-order chi connectivity index (χ1) is 10.1. The van der Waals surface area contributed by atoms with Crippen molar-refractivity contribution in [3.8, 4) is 0 Å². The Balaban J connectivity index is 1.75. The van der Waals surface area contributed by atoms with Gasteiger partial charge in [0.15, 0.2) is 5.78 Å². The first kappa shape index (κ1) is 14.4. The number of halogens is 1. The van der Waals surface area contributed by atoms with Gasteiger partial charge in [-0.2, -0.15) is 4.98 Å². The first-order valence-electron chi connectivity index (χ1n) is 6.67. The van der Waals surface area contributed by atoms with Crippen molar-refractivity contribution in [1.29, 1.82) is 0 Å². The lowest BCUT2D eigenvalue weighted by Gasteiger charge is -2.06. The molecule has 1 N–H and O–H groups in total. The maximum atomic E-state index is 12.1. The zero-order valence-corrected chi connectivity index (χ0v) is 12.8. The van der Waals surface area contributed by atoms with Crippen LogP contribution in [0, 0.1) is 0 Å². The molecule has 0 aliphatic heterocycles. The van der Waals surface area contributed by atoms with Crippen LogP contribution in [-0.4, -0.2) is 21.5 Å². The van der Waals surface area contributed by atoms with E-state index in [4.69, 9.17) is 11.6 Å². The number of benzene rings is 1. The van der Waals surface area contributed by atoms with E-state index in [1.165, 1.54) is 11.8 Å². The molecule has 4 nitrogen and oxygen atoms in total. The van der Waals surface area contributed by atoms with E-state index in [0.717, 1.165) is 30.5 Å². The standard InChI is InChI=1S/C15H13ClN2O2S/c16-10-6-4-9(5-7-10)13(19)8-21-14-11-2-1-3-12(11)17-15(20)18-14/h4-7H,1-3,8H2,(H,17,18,20). The van der Waals surface area contributed by atoms with Crippen molar-refractivity contribution in [3.63, 3.8) is 0 Å². The summed E-state index contributed by atoms with van der Waals surface area (Å²) < 4.78 is 0. The Bertz CT molecular complexity index is 740. The molecule has 3 rings (SSSR count). The minimum atomic E-state index is -0.336. The summed E-state index contributed by atoms with van der Waals surface area (Å²) in [6, 6.07) is 6.81. The molecule has 0 fully saturated rings. The zero-order valence-electron chi connectivity index (χ0n) is 11.2. The van der Waals surface area contributed by atoms with E-state index < -0.39 is 0 Å². The highest BCUT2D eigenvalue weighted by molar-refractivity contribution is 8.00. The van der Waals surface area contributed by atoms with Gasteiger partial charge in [0, 0.05) is 21.8 Å². The van der Waals surface area contributed by atoms with Crippen molar-refractivity contribution < 1.29 is 4.79 Å². The van der Waals surface area contributed by atoms with Crippen molar-refractivity contribution >= 4 is 29.1 Å². The molecule has 1 aromatic heterocycles. The summed E-state index contributed by atoms with van der Waals surface area (Å²) in [6.45, 7) is 0. The third-order valence-electron chi connectivity index (χ3n) is 3.44. The van der Waals surface area contributed by atoms with E-state index in [2.05, 4.69) is 9.97 Å². The fourth-order valence-corrected chi connectivity index (χ4v) is 3.51. The molecule has 1 aliphatic rings. The van der Waals surface area contributed by atoms with Gasteiger partial charge >= 0.3 is 5.69 Å². The summed E-state index contributed by atoms with van der Waals surface area (Å²) in [7, 11) is 0. The predicted octanol–water partition coefficient (Wildman–Crippen LogP) is 2.89. The SMILES string of the molecule is O=C(CSc1nc(=O)[nH]c2c1CCC2)c1ccc(Cl)cc1. The highest BCUT2D eigenvalue weighted by Crippen LogP contribution is 2.28. The molecule has 2 aromatic rings. The Morgan fingerprint density at radius 2 is 2.05 bits per heavy atom. The monoisotopic (exact) mass is 320 g/mol. The van der Waals surface area contributed by atoms with Crippen LogP contribution < -0.4 is 5.69 Å². The molecule has 1 heterocycles. The van der Waals surface area contributed by atoms with E-state index in [1.807, 2.05) is 0 Å². The van der Waals surface area contributed by atoms with Gasteiger partial charge in [0.2, 0.25) is 0 Å². The van der Waals surface area contributed by atoms with Crippen LogP contribution in [0.5, 0.6) is 0 Å². The van der Waals surface area contributed by atoms with Crippen LogP contribution in [0.2, 0.25) is 5.02 Å². The molecule has 1 aromatic carbocycles. The highest BCUT2D eigenvalue weighted by atomic mass is 35.5. The Morgan fingerprint density at radius 1 is 1.29 bits per heavy atom. The normalized spacial score (nSPS) is 13.2. The second kappa shape index (κ2) is 6.03. The summed E-state index contributed by atoms with van der Waals surface area (Å²) in [6.07, 6.45) is 2.82. The second-order valence-electron chi connectivity index (χ2n) is 4.88. The number of rotatable bonds is 4. The topological polar surface area (TPSA) is 62.8 Å². The van der Waals surface area contributed by atoms with E-state index in [-0.39, 0.29) is 17.2 Å². The minimum absolute atomic E-state index is 0.00509. The van der Waals surface area contributed by atoms with Crippen molar-refractivity contribution in [3.05, 3.63) is 56.6 Å². The summed E-state index contributed by atoms with van der Waals surface area (Å²) in [5.41, 5.74) is 2.34. The number of hydrogen-bond acceptors (Lipinski definition) is 4. The van der Waals surface area contributed by atoms with E-state index in [1.54, 1.807) is 24.3 Å². The number of nitrogens with one attached hydrogen (secondary N) is 1. The second-order valence-corrected chi connectivity index (χ2v) is 6.28. The molecular formula is C15H13ClN2O2S. The van der Waals surface area contributed by atoms with E-state index in [9.17, 15) is 9.59 Å². The Labute approximate surface area is 130 Å². The molecule has 1 aliphatic carbocycles. The molecule has 0 bridgehead atoms. The molecule has 21 heavy (non-hydrogen) atoms. The molecule has 0 saturated heterocycles. The van der Waals surface area contributed by atoms with Gasteiger partial charge in [-0.3, -0.25) is 4.79 Å². The van der Waals surface area contributed by atoms with Crippen LogP contribution in [0.15, 0.2) is 34.1 Å². The van der Waals surface area contributed by atoms with Crippen LogP contribution >= 0.6 is 23.4 Å². The highest BCUT2D eigenvalue weighted by Gasteiger charge is 2.19. The summed E-state index contributed by atoms with van der Waals surface area (Å²) in [5, 5.41) is 1.29. The van der Waals surface area contributed by atoms with Gasteiger partial charge in [0.25, 0.3) is 0 Å². The number of aromatic nitrogens is 2. The summed E-state index contributed by atoms with van der Waals surface area (Å²) in [4.78, 5) is 30.4. The van der Waals surface area contributed by atoms with E-state index >= 15 is 0 Å². The number of aryl methyl sites for hydroxylation is 1. The number of H-pyrrole nitrogens is 1. The lowest BCUT2D eigenvalue weighted by atomic mass is 10.1. The largest absolute Gasteiger partial charge is 0.346 e. The van der Waals surface area contributed by atoms with Gasteiger partial charge in [-0.05, 0) is 43.5 Å². The van der Waals surface area contributed by atoms with Crippen LogP contribution in [0.25, 0.3) is 0 Å². The van der Waals surface area contributed by atoms with Crippen LogP contribution in [0.1, 0.15) is 28.0 Å². The molecule has 0 unspecified atom stereocenters. The Morgan fingerprint density at radius 3 is 2.81 bits per heavy atom. The number of hydrogen-bond donors (Lipinski definition) is 1. The number of carbonyl (C=O) groups excluding carboxylic acids is 1. The van der Waals surface area contributed by atoms with Gasteiger partial charge in [-0.25, -0.2) is 4.79 Å². The summed E-state index contributed by atoms with van der Waals surface area (Å²) in [5.74, 6) is 0.273. The fourth-order valence-electron chi connectivity index (χ4n) is 2.41. The number of thioether (sulfide) groups is 1. The number of Topliss-reactive ketones (excluding diaryl/α,β-unsaturated/α-hetero) is 1. The van der Waals surface area contributed by atoms with Gasteiger partial charge in [0.1, 0.15) is 5.03 Å². The molecule has 6 heteroatoms. The maximum absolute atomic E-state index is 12.1. The average Bonchev–Trinajstić information content (AvgIpc) is 2.93. The molecule has 0 saturated carbocycles. The molecule has 108 valence electrons. The first-order valence-corrected chi connectivity index (χ1v) is 8.03. The van der Waals surface area contributed by atoms with Crippen LogP contribution in [0.4, 0.5) is 0 Å². The Hall–Kier alpha value is -1.59. The molecule has 0 radical (unpaired) electrons. The van der Waals surface area contributed by atoms with Crippen molar-refractivity contribution in [1.82, 2.24) is 9.97 Å². The van der Waals surface area contributed by atoms with Gasteiger partial charge < -0.3 is 4.98 Å². The number of fused-ring (bicyclic) bond motifs is 1. The predicted molar refractivity (Wildman–Crippen MR) is 83.4 cm³/mol. The van der Waals surface area contributed by atoms with Crippen LogP contribution in [0.3, 0.4) is 0 Å². The quantitative estimate of drug-likeness (QED) is 0.534. The van der Waals surface area contributed by atoms with Crippen molar-refractivity contribution in [2.45, 2.75) is 24.3 Å². The zero-order chi connectivity index (χ0) is 14.8. The molecule has 0 spiro atoms. The van der Waals surface area contributed by atoms with Gasteiger partial charge in [-0.1, -0.05) is 23.4 Å². The minimum Gasteiger partial charge on any atom is -0.309 e. The number of nitrogens with zero attached hydrogens (tertiary/aromatic N) is 1. The van der Waals surface area contributed by atoms with Crippen molar-refractivity contribution in [2.75, 3.05) is 5.75 Å². The van der Waals surface area contributed by atoms with Gasteiger partial charge in [0.05, 0.1) is 5.75 Å². The number of aromatic amines is 1. The Kier molecular flexibility index (Phi) is 4.12. The van der Waals surface area contributed by atoms with Crippen LogP contribution in [-0.2, 0) is 12.8 Å². The smallest absolute Gasteiger partial charge is 0.309 e. The number of ketones is 1. The molecule has 0 atom stereocenters.